The van der Waals surface area contributed by atoms with Crippen LogP contribution in [0.25, 0.3) is 0 Å². The van der Waals surface area contributed by atoms with Crippen LogP contribution in [0, 0.1) is 11.8 Å². The van der Waals surface area contributed by atoms with Gasteiger partial charge in [-0.25, -0.2) is 0 Å². The van der Waals surface area contributed by atoms with Crippen LogP contribution in [0.15, 0.2) is 12.2 Å². The summed E-state index contributed by atoms with van der Waals surface area (Å²) in [5.74, 6) is 1.81. The molecule has 1 aliphatic carbocycles. The first-order valence-electron chi connectivity index (χ1n) is 6.64. The Morgan fingerprint density at radius 1 is 1.12 bits per heavy atom. The summed E-state index contributed by atoms with van der Waals surface area (Å²) < 4.78 is 5.01. The Labute approximate surface area is 100 Å². The lowest BCUT2D eigenvalue weighted by Crippen LogP contribution is -2.30. The third-order valence-corrected chi connectivity index (χ3v) is 3.56. The van der Waals surface area contributed by atoms with Crippen molar-refractivity contribution in [2.24, 2.45) is 11.8 Å². The predicted molar refractivity (Wildman–Crippen MR) is 69.6 cm³/mol. The number of ether oxygens (including phenoxy) is 1. The molecule has 94 valence electrons. The van der Waals surface area contributed by atoms with Crippen molar-refractivity contribution in [2.45, 2.75) is 39.5 Å². The highest BCUT2D eigenvalue weighted by molar-refractivity contribution is 4.97. The van der Waals surface area contributed by atoms with Gasteiger partial charge in [0, 0.05) is 13.1 Å². The van der Waals surface area contributed by atoms with Crippen LogP contribution in [0.1, 0.15) is 39.5 Å². The number of rotatable bonds is 1. The summed E-state index contributed by atoms with van der Waals surface area (Å²) >= 11 is 0. The first-order valence-corrected chi connectivity index (χ1v) is 6.64. The highest BCUT2D eigenvalue weighted by Gasteiger charge is 2.17. The first kappa shape index (κ1) is 13.7. The molecule has 1 saturated heterocycles. The third kappa shape index (κ3) is 5.66. The Morgan fingerprint density at radius 3 is 2.00 bits per heavy atom. The fourth-order valence-corrected chi connectivity index (χ4v) is 2.27. The maximum absolute atomic E-state index is 5.01. The topological polar surface area (TPSA) is 21.3 Å². The quantitative estimate of drug-likeness (QED) is 0.693. The van der Waals surface area contributed by atoms with E-state index in [-0.39, 0.29) is 0 Å². The minimum absolute atomic E-state index is 0.844. The smallest absolute Gasteiger partial charge is 0.0591 e. The van der Waals surface area contributed by atoms with Crippen LogP contribution in [0.2, 0.25) is 0 Å². The Hall–Kier alpha value is -0.340. The van der Waals surface area contributed by atoms with Gasteiger partial charge in [-0.1, -0.05) is 31.9 Å². The minimum atomic E-state index is 0.844. The van der Waals surface area contributed by atoms with Gasteiger partial charge >= 0.3 is 0 Å². The van der Waals surface area contributed by atoms with Gasteiger partial charge in [0.15, 0.2) is 0 Å². The molecule has 1 heterocycles. The van der Waals surface area contributed by atoms with Crippen molar-refractivity contribution in [1.29, 1.82) is 0 Å². The molecule has 0 aromatic carbocycles. The van der Waals surface area contributed by atoms with Crippen LogP contribution < -0.4 is 5.32 Å². The highest BCUT2D eigenvalue weighted by atomic mass is 16.5. The van der Waals surface area contributed by atoms with E-state index in [2.05, 4.69) is 25.7 Å². The molecule has 1 saturated carbocycles. The first-order chi connectivity index (χ1) is 7.70. The van der Waals surface area contributed by atoms with E-state index in [1.807, 2.05) is 0 Å². The summed E-state index contributed by atoms with van der Waals surface area (Å²) in [6.07, 6.45) is 5.60. The van der Waals surface area contributed by atoms with Crippen LogP contribution in [0.4, 0.5) is 0 Å². The molecule has 2 rings (SSSR count). The maximum atomic E-state index is 5.01. The normalized spacial score (nSPS) is 30.1. The SMILES string of the molecule is C1COCCN1.C=C(C)C1CCC(C)CC1. The van der Waals surface area contributed by atoms with Gasteiger partial charge in [0.1, 0.15) is 0 Å². The standard InChI is InChI=1S/C10H18.C4H9NO/c1-8(2)10-6-4-9(3)5-7-10;1-3-6-4-2-5-1/h9-10H,1,4-7H2,2-3H3;5H,1-4H2. The molecule has 0 aromatic rings. The van der Waals surface area contributed by atoms with E-state index in [0.29, 0.717) is 0 Å². The van der Waals surface area contributed by atoms with Crippen LogP contribution in [-0.4, -0.2) is 26.3 Å². The van der Waals surface area contributed by atoms with E-state index in [0.717, 1.165) is 38.1 Å². The molecule has 0 unspecified atom stereocenters. The van der Waals surface area contributed by atoms with Crippen molar-refractivity contribution < 1.29 is 4.74 Å². The number of hydrogen-bond donors (Lipinski definition) is 1. The molecule has 0 spiro atoms. The summed E-state index contributed by atoms with van der Waals surface area (Å²) in [7, 11) is 0. The monoisotopic (exact) mass is 225 g/mol. The zero-order valence-electron chi connectivity index (χ0n) is 10.9. The summed E-state index contributed by atoms with van der Waals surface area (Å²) in [6.45, 7) is 12.4. The summed E-state index contributed by atoms with van der Waals surface area (Å²) in [6, 6.07) is 0. The van der Waals surface area contributed by atoms with Gasteiger partial charge in [-0.3, -0.25) is 0 Å². The van der Waals surface area contributed by atoms with Gasteiger partial charge in [-0.15, -0.1) is 0 Å². The Morgan fingerprint density at radius 2 is 1.69 bits per heavy atom. The van der Waals surface area contributed by atoms with Crippen LogP contribution in [0.5, 0.6) is 0 Å². The molecule has 0 amide bonds. The van der Waals surface area contributed by atoms with Gasteiger partial charge in [0.2, 0.25) is 0 Å². The molecule has 0 atom stereocenters. The Balaban J connectivity index is 0.000000181. The fourth-order valence-electron chi connectivity index (χ4n) is 2.27. The van der Waals surface area contributed by atoms with Crippen molar-refractivity contribution in [3.8, 4) is 0 Å². The van der Waals surface area contributed by atoms with Gasteiger partial charge < -0.3 is 10.1 Å². The molecule has 2 heteroatoms. The summed E-state index contributed by atoms with van der Waals surface area (Å²) in [5, 5.41) is 3.16. The average molecular weight is 225 g/mol. The van der Waals surface area contributed by atoms with Crippen molar-refractivity contribution in [3.05, 3.63) is 12.2 Å². The van der Waals surface area contributed by atoms with E-state index in [9.17, 15) is 0 Å². The minimum Gasteiger partial charge on any atom is -0.379 e. The van der Waals surface area contributed by atoms with Crippen molar-refractivity contribution in [1.82, 2.24) is 5.32 Å². The summed E-state index contributed by atoms with van der Waals surface area (Å²) in [4.78, 5) is 0. The number of hydrogen-bond acceptors (Lipinski definition) is 2. The molecule has 16 heavy (non-hydrogen) atoms. The fraction of sp³-hybridized carbons (Fsp3) is 0.857. The molecule has 1 N–H and O–H groups in total. The molecule has 0 radical (unpaired) electrons. The lowest BCUT2D eigenvalue weighted by atomic mass is 9.80. The Kier molecular flexibility index (Phi) is 6.74. The molecule has 0 aromatic heterocycles. The summed E-state index contributed by atoms with van der Waals surface area (Å²) in [5.41, 5.74) is 1.40. The molecule has 1 aliphatic heterocycles. The van der Waals surface area contributed by atoms with E-state index in [1.165, 1.54) is 31.3 Å². The second-order valence-electron chi connectivity index (χ2n) is 5.17. The molecular weight excluding hydrogens is 198 g/mol. The van der Waals surface area contributed by atoms with Crippen molar-refractivity contribution >= 4 is 0 Å². The Bertz CT molecular complexity index is 179. The van der Waals surface area contributed by atoms with Gasteiger partial charge in [0.25, 0.3) is 0 Å². The molecule has 2 aliphatic rings. The highest BCUT2D eigenvalue weighted by Crippen LogP contribution is 2.31. The van der Waals surface area contributed by atoms with Crippen molar-refractivity contribution in [3.63, 3.8) is 0 Å². The largest absolute Gasteiger partial charge is 0.379 e. The lowest BCUT2D eigenvalue weighted by Gasteiger charge is -2.26. The van der Waals surface area contributed by atoms with E-state index in [1.54, 1.807) is 0 Å². The number of morpholine rings is 1. The van der Waals surface area contributed by atoms with E-state index < -0.39 is 0 Å². The zero-order valence-corrected chi connectivity index (χ0v) is 10.9. The van der Waals surface area contributed by atoms with Gasteiger partial charge in [0.05, 0.1) is 13.2 Å². The van der Waals surface area contributed by atoms with Gasteiger partial charge in [-0.05, 0) is 31.6 Å². The van der Waals surface area contributed by atoms with Gasteiger partial charge in [-0.2, -0.15) is 0 Å². The number of nitrogens with one attached hydrogen (secondary N) is 1. The molecular formula is C14H27NO. The predicted octanol–water partition coefficient (Wildman–Crippen LogP) is 3.00. The average Bonchev–Trinajstić information content (AvgIpc) is 2.32. The second kappa shape index (κ2) is 7.86. The maximum Gasteiger partial charge on any atom is 0.0591 e. The van der Waals surface area contributed by atoms with Crippen LogP contribution in [-0.2, 0) is 4.74 Å². The van der Waals surface area contributed by atoms with Crippen molar-refractivity contribution in [2.75, 3.05) is 26.3 Å². The lowest BCUT2D eigenvalue weighted by molar-refractivity contribution is 0.109. The number of allylic oxidation sites excluding steroid dienone is 1. The third-order valence-electron chi connectivity index (χ3n) is 3.56. The second-order valence-corrected chi connectivity index (χ2v) is 5.17. The molecule has 2 fully saturated rings. The van der Waals surface area contributed by atoms with E-state index >= 15 is 0 Å². The molecule has 2 nitrogen and oxygen atoms in total. The molecule has 0 bridgehead atoms. The van der Waals surface area contributed by atoms with Crippen LogP contribution >= 0.6 is 0 Å². The zero-order chi connectivity index (χ0) is 11.8. The van der Waals surface area contributed by atoms with E-state index in [4.69, 9.17) is 4.74 Å². The van der Waals surface area contributed by atoms with Crippen LogP contribution in [0.3, 0.4) is 0 Å².